The molecule has 2 saturated heterocycles. The van der Waals surface area contributed by atoms with Gasteiger partial charge in [-0.15, -0.1) is 0 Å². The smallest absolute Gasteiger partial charge is 0.475 e. The zero-order valence-corrected chi connectivity index (χ0v) is 23.5. The Morgan fingerprint density at radius 1 is 1.04 bits per heavy atom. The van der Waals surface area contributed by atoms with Crippen molar-refractivity contribution in [1.29, 1.82) is 5.26 Å². The van der Waals surface area contributed by atoms with Crippen molar-refractivity contribution >= 4 is 17.6 Å². The summed E-state index contributed by atoms with van der Waals surface area (Å²) in [5.74, 6) is -6.01. The van der Waals surface area contributed by atoms with Gasteiger partial charge < -0.3 is 15.3 Å². The Bertz CT molecular complexity index is 1600. The third-order valence-corrected chi connectivity index (χ3v) is 7.34. The van der Waals surface area contributed by atoms with Crippen LogP contribution in [0.15, 0.2) is 55.0 Å². The summed E-state index contributed by atoms with van der Waals surface area (Å²) in [7, 11) is 0. The Morgan fingerprint density at radius 2 is 1.71 bits per heavy atom. The number of hydrogen-bond acceptors (Lipinski definition) is 7. The average Bonchev–Trinajstić information content (AvgIpc) is 2.93. The summed E-state index contributed by atoms with van der Waals surface area (Å²) < 4.78 is 88.2. The lowest BCUT2D eigenvalue weighted by Gasteiger charge is -2.61. The molecule has 2 aromatic heterocycles. The molecule has 16 heteroatoms. The Hall–Kier alpha value is -4.78. The van der Waals surface area contributed by atoms with Crippen molar-refractivity contribution in [3.63, 3.8) is 0 Å². The van der Waals surface area contributed by atoms with Gasteiger partial charge in [-0.1, -0.05) is 12.1 Å². The van der Waals surface area contributed by atoms with Crippen LogP contribution in [0.3, 0.4) is 0 Å². The molecule has 5 rings (SSSR count). The second-order valence-corrected chi connectivity index (χ2v) is 10.8. The molecule has 1 atom stereocenters. The molecule has 3 aromatic rings. The van der Waals surface area contributed by atoms with Crippen LogP contribution in [0.1, 0.15) is 29.3 Å². The molecule has 2 fully saturated rings. The normalized spacial score (nSPS) is 16.8. The molecule has 0 radical (unpaired) electrons. The van der Waals surface area contributed by atoms with Crippen LogP contribution in [0.5, 0.6) is 0 Å². The molecule has 1 amide bonds. The van der Waals surface area contributed by atoms with Gasteiger partial charge in [-0.3, -0.25) is 19.7 Å². The number of carbonyl (C=O) groups is 2. The number of hydrogen-bond donors (Lipinski definition) is 2. The van der Waals surface area contributed by atoms with Crippen molar-refractivity contribution < 1.29 is 45.4 Å². The summed E-state index contributed by atoms with van der Waals surface area (Å²) in [4.78, 5) is 33.5. The standard InChI is InChI=1S/C27H24F4N6O.C2HF3O2/c1-17(38)35-27(25(30)31,20-3-4-22(28)23(29)7-20)24-5-2-18(10-34-24)12-36-13-26(14-36)15-37(16-26)21-6-19(8-32)9-33-11-21;3-2(4,5)1(6)7/h2-7,9-11,25H,12-16H2,1H3,(H,35,38);(H,6,7)/t27-;/m0./s1. The first-order valence-electron chi connectivity index (χ1n) is 13.2. The van der Waals surface area contributed by atoms with Gasteiger partial charge in [-0.25, -0.2) is 22.4 Å². The van der Waals surface area contributed by atoms with Crippen LogP contribution in [0.2, 0.25) is 0 Å². The molecule has 2 aliphatic rings. The summed E-state index contributed by atoms with van der Waals surface area (Å²) in [5.41, 5.74) is -0.519. The SMILES string of the molecule is CC(=O)N[C@@](c1ccc(F)c(F)c1)(c1ccc(CN2CC3(C2)CN(c2cncc(C#N)c2)C3)cn1)C(F)F.O=C(O)C(F)(F)F. The summed E-state index contributed by atoms with van der Waals surface area (Å²) in [5, 5.41) is 18.4. The highest BCUT2D eigenvalue weighted by atomic mass is 19.4. The third kappa shape index (κ3) is 7.14. The van der Waals surface area contributed by atoms with Gasteiger partial charge in [-0.2, -0.15) is 18.4 Å². The molecule has 4 heterocycles. The molecule has 0 saturated carbocycles. The Morgan fingerprint density at radius 3 is 2.22 bits per heavy atom. The second-order valence-electron chi connectivity index (χ2n) is 10.8. The fourth-order valence-electron chi connectivity index (χ4n) is 5.43. The van der Waals surface area contributed by atoms with Crippen LogP contribution in [0, 0.1) is 28.4 Å². The molecular formula is C29H25F7N6O3. The quantitative estimate of drug-likeness (QED) is 0.369. The summed E-state index contributed by atoms with van der Waals surface area (Å²) in [6.07, 6.45) is -3.53. The van der Waals surface area contributed by atoms with E-state index in [1.807, 2.05) is 6.07 Å². The minimum Gasteiger partial charge on any atom is -0.475 e. The molecule has 2 N–H and O–H groups in total. The maximum absolute atomic E-state index is 14.5. The highest BCUT2D eigenvalue weighted by Crippen LogP contribution is 2.42. The highest BCUT2D eigenvalue weighted by molar-refractivity contribution is 5.75. The van der Waals surface area contributed by atoms with Gasteiger partial charge in [0.1, 0.15) is 6.07 Å². The van der Waals surface area contributed by atoms with Crippen LogP contribution in [-0.4, -0.2) is 70.6 Å². The van der Waals surface area contributed by atoms with E-state index in [1.54, 1.807) is 12.3 Å². The number of nitrogens with zero attached hydrogens (tertiary/aromatic N) is 5. The van der Waals surface area contributed by atoms with Gasteiger partial charge in [-0.05, 0) is 35.4 Å². The van der Waals surface area contributed by atoms with Crippen molar-refractivity contribution in [1.82, 2.24) is 20.2 Å². The predicted molar refractivity (Wildman–Crippen MR) is 144 cm³/mol. The fraction of sp³-hybridized carbons (Fsp3) is 0.345. The summed E-state index contributed by atoms with van der Waals surface area (Å²) in [6, 6.07) is 9.37. The van der Waals surface area contributed by atoms with E-state index in [2.05, 4.69) is 31.2 Å². The molecule has 1 spiro atoms. The number of nitriles is 1. The van der Waals surface area contributed by atoms with Crippen molar-refractivity contribution in [3.8, 4) is 6.07 Å². The van der Waals surface area contributed by atoms with Crippen LogP contribution in [-0.2, 0) is 21.7 Å². The number of aromatic nitrogens is 2. The third-order valence-electron chi connectivity index (χ3n) is 7.34. The first-order valence-corrected chi connectivity index (χ1v) is 13.2. The van der Waals surface area contributed by atoms with E-state index in [4.69, 9.17) is 15.2 Å². The van der Waals surface area contributed by atoms with Crippen molar-refractivity contribution in [3.05, 3.63) is 89.0 Å². The highest BCUT2D eigenvalue weighted by Gasteiger charge is 2.52. The Balaban J connectivity index is 0.000000591. The van der Waals surface area contributed by atoms with E-state index >= 15 is 0 Å². The monoisotopic (exact) mass is 638 g/mol. The zero-order chi connectivity index (χ0) is 33.2. The Kier molecular flexibility index (Phi) is 9.33. The van der Waals surface area contributed by atoms with E-state index < -0.39 is 41.7 Å². The van der Waals surface area contributed by atoms with Crippen molar-refractivity contribution in [2.75, 3.05) is 31.1 Å². The number of amides is 1. The molecule has 0 unspecified atom stereocenters. The predicted octanol–water partition coefficient (Wildman–Crippen LogP) is 4.23. The summed E-state index contributed by atoms with van der Waals surface area (Å²) in [6.45, 7) is 5.08. The maximum atomic E-state index is 14.5. The van der Waals surface area contributed by atoms with E-state index in [0.717, 1.165) is 56.5 Å². The molecule has 0 aliphatic carbocycles. The van der Waals surface area contributed by atoms with Gasteiger partial charge in [0.25, 0.3) is 6.43 Å². The van der Waals surface area contributed by atoms with Gasteiger partial charge in [0, 0.05) is 57.5 Å². The Labute approximate surface area is 251 Å². The molecule has 238 valence electrons. The largest absolute Gasteiger partial charge is 0.490 e. The topological polar surface area (TPSA) is 122 Å². The number of benzene rings is 1. The van der Waals surface area contributed by atoms with Gasteiger partial charge >= 0.3 is 12.1 Å². The summed E-state index contributed by atoms with van der Waals surface area (Å²) >= 11 is 0. The number of aliphatic carboxylic acids is 1. The van der Waals surface area contributed by atoms with Crippen LogP contribution >= 0.6 is 0 Å². The zero-order valence-electron chi connectivity index (χ0n) is 23.5. The van der Waals surface area contributed by atoms with Crippen molar-refractivity contribution in [2.24, 2.45) is 5.41 Å². The van der Waals surface area contributed by atoms with Crippen molar-refractivity contribution in [2.45, 2.75) is 31.6 Å². The minimum atomic E-state index is -5.08. The number of alkyl halides is 5. The molecule has 0 bridgehead atoms. The maximum Gasteiger partial charge on any atom is 0.490 e. The molecular weight excluding hydrogens is 613 g/mol. The van der Waals surface area contributed by atoms with Gasteiger partial charge in [0.15, 0.2) is 17.2 Å². The van der Waals surface area contributed by atoms with Crippen LogP contribution in [0.4, 0.5) is 36.4 Å². The number of rotatable bonds is 7. The van der Waals surface area contributed by atoms with E-state index in [9.17, 15) is 35.5 Å². The van der Waals surface area contributed by atoms with Gasteiger partial charge in [0.05, 0.1) is 23.1 Å². The number of anilines is 1. The first kappa shape index (κ1) is 33.1. The van der Waals surface area contributed by atoms with E-state index in [0.29, 0.717) is 18.2 Å². The molecule has 45 heavy (non-hydrogen) atoms. The number of nitrogens with one attached hydrogen (secondary N) is 1. The lowest BCUT2D eigenvalue weighted by molar-refractivity contribution is -0.192. The number of halogens is 7. The van der Waals surface area contributed by atoms with E-state index in [-0.39, 0.29) is 16.7 Å². The lowest BCUT2D eigenvalue weighted by Crippen LogP contribution is -2.72. The number of carboxylic acid groups (broad SMARTS) is 1. The van der Waals surface area contributed by atoms with Crippen LogP contribution in [0.25, 0.3) is 0 Å². The number of pyridine rings is 2. The second kappa shape index (κ2) is 12.7. The molecule has 2 aliphatic heterocycles. The van der Waals surface area contributed by atoms with Gasteiger partial charge in [0.2, 0.25) is 5.91 Å². The fourth-order valence-corrected chi connectivity index (χ4v) is 5.43. The minimum absolute atomic E-state index is 0.166. The average molecular weight is 639 g/mol. The molecule has 1 aromatic carbocycles. The first-order chi connectivity index (χ1) is 21.1. The van der Waals surface area contributed by atoms with Crippen LogP contribution < -0.4 is 10.2 Å². The van der Waals surface area contributed by atoms with E-state index in [1.165, 1.54) is 18.5 Å². The lowest BCUT2D eigenvalue weighted by atomic mass is 9.72. The number of carboxylic acids is 1. The number of likely N-dealkylation sites (tertiary alicyclic amines) is 1. The number of carbonyl (C=O) groups excluding carboxylic acids is 1. The molecule has 9 nitrogen and oxygen atoms in total.